The monoisotopic (exact) mass is 429 g/mol. The SMILES string of the molecule is O=C(Cn1ncc(=O)c2ccccc21)NC(c1ccc2c(c1)CCCC2)c1cccs1. The van der Waals surface area contributed by atoms with Crippen LogP contribution in [0.1, 0.15) is 40.5 Å². The Morgan fingerprint density at radius 2 is 1.90 bits per heavy atom. The largest absolute Gasteiger partial charge is 0.343 e. The smallest absolute Gasteiger partial charge is 0.242 e. The molecule has 1 amide bonds. The first-order chi connectivity index (χ1) is 15.2. The molecule has 0 saturated carbocycles. The second-order valence-corrected chi connectivity index (χ2v) is 8.91. The van der Waals surface area contributed by atoms with Crippen molar-refractivity contribution < 1.29 is 4.79 Å². The van der Waals surface area contributed by atoms with Gasteiger partial charge in [0.2, 0.25) is 11.3 Å². The number of nitrogens with one attached hydrogen (secondary N) is 1. The van der Waals surface area contributed by atoms with Gasteiger partial charge in [-0.2, -0.15) is 5.10 Å². The Morgan fingerprint density at radius 3 is 2.74 bits per heavy atom. The van der Waals surface area contributed by atoms with E-state index in [2.05, 4.69) is 34.7 Å². The number of nitrogens with zero attached hydrogens (tertiary/aromatic N) is 2. The fourth-order valence-corrected chi connectivity index (χ4v) is 5.14. The zero-order chi connectivity index (χ0) is 21.2. The van der Waals surface area contributed by atoms with Gasteiger partial charge in [-0.05, 0) is 66.0 Å². The molecule has 0 saturated heterocycles. The van der Waals surface area contributed by atoms with Crippen molar-refractivity contribution in [1.29, 1.82) is 0 Å². The Balaban J connectivity index is 1.44. The predicted molar refractivity (Wildman–Crippen MR) is 123 cm³/mol. The third kappa shape index (κ3) is 4.03. The summed E-state index contributed by atoms with van der Waals surface area (Å²) < 4.78 is 1.59. The highest BCUT2D eigenvalue weighted by molar-refractivity contribution is 7.10. The summed E-state index contributed by atoms with van der Waals surface area (Å²) in [6.07, 6.45) is 5.98. The Labute approximate surface area is 184 Å². The van der Waals surface area contributed by atoms with Gasteiger partial charge in [0.15, 0.2) is 0 Å². The Morgan fingerprint density at radius 1 is 1.06 bits per heavy atom. The molecule has 1 aliphatic carbocycles. The molecule has 1 atom stereocenters. The summed E-state index contributed by atoms with van der Waals surface area (Å²) in [6, 6.07) is 17.7. The first-order valence-corrected chi connectivity index (χ1v) is 11.5. The second kappa shape index (κ2) is 8.47. The molecule has 4 aromatic rings. The summed E-state index contributed by atoms with van der Waals surface area (Å²) >= 11 is 1.64. The van der Waals surface area contributed by atoms with E-state index in [4.69, 9.17) is 0 Å². The summed E-state index contributed by atoms with van der Waals surface area (Å²) in [5.74, 6) is -0.141. The van der Waals surface area contributed by atoms with Gasteiger partial charge in [0.05, 0.1) is 17.8 Å². The molecule has 0 fully saturated rings. The van der Waals surface area contributed by atoms with E-state index in [1.165, 1.54) is 30.2 Å². The van der Waals surface area contributed by atoms with E-state index in [1.54, 1.807) is 22.1 Å². The van der Waals surface area contributed by atoms with Crippen LogP contribution in [0.25, 0.3) is 10.9 Å². The van der Waals surface area contributed by atoms with Crippen LogP contribution < -0.4 is 10.7 Å². The van der Waals surface area contributed by atoms with Crippen molar-refractivity contribution in [1.82, 2.24) is 15.1 Å². The molecule has 0 bridgehead atoms. The third-order valence-electron chi connectivity index (χ3n) is 5.89. The zero-order valence-electron chi connectivity index (χ0n) is 17.1. The van der Waals surface area contributed by atoms with Crippen molar-refractivity contribution in [2.45, 2.75) is 38.3 Å². The number of hydrogen-bond donors (Lipinski definition) is 1. The molecule has 1 aliphatic rings. The molecule has 0 radical (unpaired) electrons. The minimum atomic E-state index is -0.203. The van der Waals surface area contributed by atoms with E-state index >= 15 is 0 Å². The number of aryl methyl sites for hydroxylation is 2. The highest BCUT2D eigenvalue weighted by atomic mass is 32.1. The summed E-state index contributed by atoms with van der Waals surface area (Å²) in [6.45, 7) is 0.0492. The van der Waals surface area contributed by atoms with Crippen LogP contribution >= 0.6 is 11.3 Å². The third-order valence-corrected chi connectivity index (χ3v) is 6.83. The van der Waals surface area contributed by atoms with Crippen molar-refractivity contribution >= 4 is 28.1 Å². The number of para-hydroxylation sites is 1. The highest BCUT2D eigenvalue weighted by Crippen LogP contribution is 2.30. The predicted octanol–water partition coefficient (Wildman–Crippen LogP) is 4.24. The molecule has 156 valence electrons. The number of carbonyl (C=O) groups is 1. The lowest BCUT2D eigenvalue weighted by Crippen LogP contribution is -2.33. The van der Waals surface area contributed by atoms with Gasteiger partial charge in [0.1, 0.15) is 6.54 Å². The normalized spacial score (nSPS) is 14.2. The van der Waals surface area contributed by atoms with E-state index < -0.39 is 0 Å². The van der Waals surface area contributed by atoms with Gasteiger partial charge in [-0.1, -0.05) is 36.4 Å². The molecule has 6 heteroatoms. The number of aromatic nitrogens is 2. The van der Waals surface area contributed by atoms with Gasteiger partial charge in [-0.25, -0.2) is 0 Å². The van der Waals surface area contributed by atoms with Gasteiger partial charge >= 0.3 is 0 Å². The summed E-state index contributed by atoms with van der Waals surface area (Å²) in [7, 11) is 0. The van der Waals surface area contributed by atoms with Crippen LogP contribution in [0.3, 0.4) is 0 Å². The van der Waals surface area contributed by atoms with Crippen molar-refractivity contribution in [3.05, 3.63) is 98.0 Å². The van der Waals surface area contributed by atoms with E-state index in [0.29, 0.717) is 10.9 Å². The average Bonchev–Trinajstić information content (AvgIpc) is 3.34. The quantitative estimate of drug-likeness (QED) is 0.516. The van der Waals surface area contributed by atoms with Crippen LogP contribution in [-0.4, -0.2) is 15.7 Å². The van der Waals surface area contributed by atoms with Gasteiger partial charge < -0.3 is 5.32 Å². The zero-order valence-corrected chi connectivity index (χ0v) is 17.9. The standard InChI is InChI=1S/C25H23N3O2S/c29-22-15-26-28(21-9-4-3-8-20(21)22)16-24(30)27-25(23-10-5-13-31-23)19-12-11-17-6-1-2-7-18(17)14-19/h3-5,8-15,25H,1-2,6-7,16H2,(H,27,30). The summed E-state index contributed by atoms with van der Waals surface area (Å²) in [5.41, 5.74) is 4.45. The van der Waals surface area contributed by atoms with Crippen molar-refractivity contribution in [3.8, 4) is 0 Å². The molecular weight excluding hydrogens is 406 g/mol. The average molecular weight is 430 g/mol. The molecule has 1 unspecified atom stereocenters. The summed E-state index contributed by atoms with van der Waals surface area (Å²) in [4.78, 5) is 26.2. The topological polar surface area (TPSA) is 64.0 Å². The van der Waals surface area contributed by atoms with Crippen LogP contribution in [0, 0.1) is 0 Å². The van der Waals surface area contributed by atoms with Crippen molar-refractivity contribution in [2.24, 2.45) is 0 Å². The van der Waals surface area contributed by atoms with Crippen LogP contribution in [-0.2, 0) is 24.2 Å². The summed E-state index contributed by atoms with van der Waals surface area (Å²) in [5, 5.41) is 9.99. The fraction of sp³-hybridized carbons (Fsp3) is 0.240. The lowest BCUT2D eigenvalue weighted by atomic mass is 9.89. The maximum atomic E-state index is 13.1. The molecule has 5 nitrogen and oxygen atoms in total. The number of carbonyl (C=O) groups excluding carboxylic acids is 1. The minimum absolute atomic E-state index is 0.0492. The maximum Gasteiger partial charge on any atom is 0.242 e. The molecule has 1 N–H and O–H groups in total. The van der Waals surface area contributed by atoms with Gasteiger partial charge in [-0.3, -0.25) is 14.3 Å². The number of fused-ring (bicyclic) bond motifs is 2. The van der Waals surface area contributed by atoms with Crippen LogP contribution in [0.5, 0.6) is 0 Å². The van der Waals surface area contributed by atoms with E-state index in [9.17, 15) is 9.59 Å². The number of thiophene rings is 1. The first kappa shape index (κ1) is 19.7. The van der Waals surface area contributed by atoms with Crippen molar-refractivity contribution in [3.63, 3.8) is 0 Å². The van der Waals surface area contributed by atoms with E-state index in [1.807, 2.05) is 29.6 Å². The van der Waals surface area contributed by atoms with Crippen LogP contribution in [0.2, 0.25) is 0 Å². The number of amides is 1. The number of rotatable bonds is 5. The molecule has 0 spiro atoms. The molecular formula is C25H23N3O2S. The lowest BCUT2D eigenvalue weighted by molar-refractivity contribution is -0.122. The number of benzene rings is 2. The van der Waals surface area contributed by atoms with Gasteiger partial charge in [-0.15, -0.1) is 11.3 Å². The lowest BCUT2D eigenvalue weighted by Gasteiger charge is -2.22. The molecule has 31 heavy (non-hydrogen) atoms. The first-order valence-electron chi connectivity index (χ1n) is 10.6. The molecule has 0 aliphatic heterocycles. The molecule has 2 heterocycles. The Bertz CT molecular complexity index is 1290. The molecule has 2 aromatic heterocycles. The van der Waals surface area contributed by atoms with E-state index in [-0.39, 0.29) is 23.9 Å². The number of hydrogen-bond acceptors (Lipinski definition) is 4. The second-order valence-electron chi connectivity index (χ2n) is 7.93. The van der Waals surface area contributed by atoms with E-state index in [0.717, 1.165) is 23.3 Å². The van der Waals surface area contributed by atoms with Crippen LogP contribution in [0.4, 0.5) is 0 Å². The fourth-order valence-electron chi connectivity index (χ4n) is 4.34. The highest BCUT2D eigenvalue weighted by Gasteiger charge is 2.20. The minimum Gasteiger partial charge on any atom is -0.343 e. The van der Waals surface area contributed by atoms with Gasteiger partial charge in [0, 0.05) is 10.3 Å². The molecule has 5 rings (SSSR count). The van der Waals surface area contributed by atoms with Gasteiger partial charge in [0.25, 0.3) is 0 Å². The van der Waals surface area contributed by atoms with Crippen molar-refractivity contribution in [2.75, 3.05) is 0 Å². The maximum absolute atomic E-state index is 13.1. The Hall–Kier alpha value is -3.25. The Kier molecular flexibility index (Phi) is 5.38. The van der Waals surface area contributed by atoms with Crippen LogP contribution in [0.15, 0.2) is 71.0 Å². The molecule has 2 aromatic carbocycles.